The first-order valence-corrected chi connectivity index (χ1v) is 5.10. The molecule has 4 nitrogen and oxygen atoms in total. The number of nitrogens with one attached hydrogen (secondary N) is 1. The average Bonchev–Trinajstić information content (AvgIpc) is 2.59. The Morgan fingerprint density at radius 3 is 2.29 bits per heavy atom. The van der Waals surface area contributed by atoms with E-state index in [-0.39, 0.29) is 6.03 Å². The molecule has 1 saturated heterocycles. The van der Waals surface area contributed by atoms with Gasteiger partial charge in [-0.05, 0) is 24.7 Å². The molecule has 14 heavy (non-hydrogen) atoms. The fraction of sp³-hybridized carbons (Fsp3) is 0.800. The molecule has 2 rings (SSSR count). The molecular formula is C10H17N3O. The molecule has 1 heterocycles. The number of amides is 2. The summed E-state index contributed by atoms with van der Waals surface area (Å²) in [4.78, 5) is 15.2. The van der Waals surface area contributed by atoms with E-state index in [4.69, 9.17) is 5.41 Å². The Morgan fingerprint density at radius 1 is 1.36 bits per heavy atom. The predicted molar refractivity (Wildman–Crippen MR) is 54.6 cm³/mol. The molecule has 2 atom stereocenters. The SMILES string of the molecule is CN(C)C(=O)N1C[C@@H]2CC(=N)C[C@H]2C1. The Balaban J connectivity index is 1.97. The zero-order valence-electron chi connectivity index (χ0n) is 8.79. The lowest BCUT2D eigenvalue weighted by Gasteiger charge is -2.21. The molecular weight excluding hydrogens is 178 g/mol. The van der Waals surface area contributed by atoms with E-state index in [1.807, 2.05) is 4.90 Å². The second-order valence-corrected chi connectivity index (χ2v) is 4.61. The van der Waals surface area contributed by atoms with Gasteiger partial charge in [0.2, 0.25) is 0 Å². The number of rotatable bonds is 0. The summed E-state index contributed by atoms with van der Waals surface area (Å²) in [5, 5.41) is 7.59. The third kappa shape index (κ3) is 1.49. The van der Waals surface area contributed by atoms with Crippen LogP contribution in [0.4, 0.5) is 4.79 Å². The van der Waals surface area contributed by atoms with Crippen LogP contribution in [-0.4, -0.2) is 48.7 Å². The van der Waals surface area contributed by atoms with Crippen molar-refractivity contribution < 1.29 is 4.79 Å². The molecule has 0 spiro atoms. The van der Waals surface area contributed by atoms with Crippen molar-refractivity contribution >= 4 is 11.7 Å². The van der Waals surface area contributed by atoms with Gasteiger partial charge in [0.1, 0.15) is 0 Å². The first-order valence-electron chi connectivity index (χ1n) is 5.10. The molecule has 1 N–H and O–H groups in total. The minimum absolute atomic E-state index is 0.117. The molecule has 2 aliphatic rings. The van der Waals surface area contributed by atoms with Gasteiger partial charge >= 0.3 is 6.03 Å². The lowest BCUT2D eigenvalue weighted by atomic mass is 10.0. The highest BCUT2D eigenvalue weighted by atomic mass is 16.2. The summed E-state index contributed by atoms with van der Waals surface area (Å²) in [6.07, 6.45) is 1.81. The van der Waals surface area contributed by atoms with Gasteiger partial charge in [0, 0.05) is 32.9 Å². The fourth-order valence-electron chi connectivity index (χ4n) is 2.56. The maximum atomic E-state index is 11.7. The summed E-state index contributed by atoms with van der Waals surface area (Å²) in [5.41, 5.74) is 0.872. The van der Waals surface area contributed by atoms with Crippen LogP contribution in [0.2, 0.25) is 0 Å². The molecule has 4 heteroatoms. The molecule has 2 amide bonds. The van der Waals surface area contributed by atoms with E-state index in [2.05, 4.69) is 0 Å². The summed E-state index contributed by atoms with van der Waals surface area (Å²) in [5.74, 6) is 1.12. The summed E-state index contributed by atoms with van der Waals surface area (Å²) in [7, 11) is 3.58. The smallest absolute Gasteiger partial charge is 0.319 e. The second-order valence-electron chi connectivity index (χ2n) is 4.61. The highest BCUT2D eigenvalue weighted by Gasteiger charge is 2.40. The minimum Gasteiger partial charge on any atom is -0.331 e. The topological polar surface area (TPSA) is 47.4 Å². The van der Waals surface area contributed by atoms with Crippen LogP contribution >= 0.6 is 0 Å². The van der Waals surface area contributed by atoms with Gasteiger partial charge in [-0.25, -0.2) is 4.79 Å². The number of carbonyl (C=O) groups is 1. The number of likely N-dealkylation sites (tertiary alicyclic amines) is 1. The van der Waals surface area contributed by atoms with Gasteiger partial charge in [0.05, 0.1) is 0 Å². The van der Waals surface area contributed by atoms with Crippen molar-refractivity contribution in [3.63, 3.8) is 0 Å². The molecule has 1 aliphatic heterocycles. The molecule has 0 bridgehead atoms. The lowest BCUT2D eigenvalue weighted by Crippen LogP contribution is -2.38. The highest BCUT2D eigenvalue weighted by Crippen LogP contribution is 2.36. The standard InChI is InChI=1S/C10H17N3O/c1-12(2)10(14)13-5-7-3-9(11)4-8(7)6-13/h7-8,11H,3-6H2,1-2H3/t7-,8-/m0/s1. The summed E-state index contributed by atoms with van der Waals surface area (Å²) in [6, 6.07) is 0.117. The second kappa shape index (κ2) is 3.26. The molecule has 1 aliphatic carbocycles. The molecule has 2 fully saturated rings. The Kier molecular flexibility index (Phi) is 2.21. The molecule has 1 saturated carbocycles. The largest absolute Gasteiger partial charge is 0.331 e. The Hall–Kier alpha value is -1.06. The zero-order chi connectivity index (χ0) is 10.3. The van der Waals surface area contributed by atoms with Crippen molar-refractivity contribution in [2.45, 2.75) is 12.8 Å². The quantitative estimate of drug-likeness (QED) is 0.616. The highest BCUT2D eigenvalue weighted by molar-refractivity contribution is 5.84. The molecule has 0 radical (unpaired) electrons. The molecule has 0 aromatic carbocycles. The van der Waals surface area contributed by atoms with Crippen molar-refractivity contribution in [1.29, 1.82) is 5.41 Å². The van der Waals surface area contributed by atoms with Crippen molar-refractivity contribution in [3.8, 4) is 0 Å². The monoisotopic (exact) mass is 195 g/mol. The molecule has 78 valence electrons. The predicted octanol–water partition coefficient (Wildman–Crippen LogP) is 1.03. The van der Waals surface area contributed by atoms with Crippen molar-refractivity contribution in [3.05, 3.63) is 0 Å². The van der Waals surface area contributed by atoms with Gasteiger partial charge in [0.25, 0.3) is 0 Å². The Labute approximate surface area is 84.4 Å². The third-order valence-corrected chi connectivity index (χ3v) is 3.25. The lowest BCUT2D eigenvalue weighted by molar-refractivity contribution is 0.179. The van der Waals surface area contributed by atoms with E-state index in [1.54, 1.807) is 19.0 Å². The van der Waals surface area contributed by atoms with Gasteiger partial charge in [-0.1, -0.05) is 0 Å². The van der Waals surface area contributed by atoms with Gasteiger partial charge in [-0.2, -0.15) is 0 Å². The van der Waals surface area contributed by atoms with Gasteiger partial charge in [-0.3, -0.25) is 0 Å². The number of hydrogen-bond acceptors (Lipinski definition) is 2. The number of carbonyl (C=O) groups excluding carboxylic acids is 1. The van der Waals surface area contributed by atoms with Gasteiger partial charge in [0.15, 0.2) is 0 Å². The summed E-state index contributed by atoms with van der Waals surface area (Å²) < 4.78 is 0. The van der Waals surface area contributed by atoms with Crippen LogP contribution in [0.1, 0.15) is 12.8 Å². The molecule has 0 unspecified atom stereocenters. The minimum atomic E-state index is 0.117. The van der Waals surface area contributed by atoms with Crippen LogP contribution in [0.3, 0.4) is 0 Å². The van der Waals surface area contributed by atoms with Crippen LogP contribution in [0.5, 0.6) is 0 Å². The third-order valence-electron chi connectivity index (χ3n) is 3.25. The van der Waals surface area contributed by atoms with E-state index < -0.39 is 0 Å². The fourth-order valence-corrected chi connectivity index (χ4v) is 2.56. The summed E-state index contributed by atoms with van der Waals surface area (Å²) >= 11 is 0. The van der Waals surface area contributed by atoms with Crippen LogP contribution in [0, 0.1) is 17.2 Å². The first kappa shape index (κ1) is 9.49. The average molecular weight is 195 g/mol. The first-order chi connectivity index (χ1) is 6.58. The van der Waals surface area contributed by atoms with E-state index in [9.17, 15) is 4.79 Å². The van der Waals surface area contributed by atoms with Crippen molar-refractivity contribution in [2.24, 2.45) is 11.8 Å². The van der Waals surface area contributed by atoms with Crippen LogP contribution in [0.25, 0.3) is 0 Å². The molecule has 0 aromatic rings. The van der Waals surface area contributed by atoms with Crippen LogP contribution < -0.4 is 0 Å². The summed E-state index contributed by atoms with van der Waals surface area (Å²) in [6.45, 7) is 1.70. The van der Waals surface area contributed by atoms with E-state index in [1.165, 1.54) is 0 Å². The zero-order valence-corrected chi connectivity index (χ0v) is 8.79. The Bertz CT molecular complexity index is 259. The van der Waals surface area contributed by atoms with E-state index >= 15 is 0 Å². The maximum Gasteiger partial charge on any atom is 0.319 e. The van der Waals surface area contributed by atoms with Gasteiger partial charge in [-0.15, -0.1) is 0 Å². The number of fused-ring (bicyclic) bond motifs is 1. The normalized spacial score (nSPS) is 30.7. The van der Waals surface area contributed by atoms with Crippen molar-refractivity contribution in [2.75, 3.05) is 27.2 Å². The van der Waals surface area contributed by atoms with E-state index in [0.29, 0.717) is 11.8 Å². The van der Waals surface area contributed by atoms with E-state index in [0.717, 1.165) is 31.6 Å². The van der Waals surface area contributed by atoms with Crippen molar-refractivity contribution in [1.82, 2.24) is 9.80 Å². The number of hydrogen-bond donors (Lipinski definition) is 1. The van der Waals surface area contributed by atoms with Crippen LogP contribution in [-0.2, 0) is 0 Å². The molecule has 0 aromatic heterocycles. The van der Waals surface area contributed by atoms with Gasteiger partial charge < -0.3 is 15.2 Å². The number of urea groups is 1. The van der Waals surface area contributed by atoms with Crippen LogP contribution in [0.15, 0.2) is 0 Å². The number of nitrogens with zero attached hydrogens (tertiary/aromatic N) is 2. The maximum absolute atomic E-state index is 11.7. The Morgan fingerprint density at radius 2 is 1.86 bits per heavy atom.